The van der Waals surface area contributed by atoms with E-state index in [1.165, 1.54) is 15.6 Å². The van der Waals surface area contributed by atoms with Gasteiger partial charge >= 0.3 is 0 Å². The molecule has 0 saturated carbocycles. The van der Waals surface area contributed by atoms with Gasteiger partial charge in [-0.3, -0.25) is 0 Å². The van der Waals surface area contributed by atoms with Crippen molar-refractivity contribution in [3.63, 3.8) is 0 Å². The highest BCUT2D eigenvalue weighted by Crippen LogP contribution is 2.32. The van der Waals surface area contributed by atoms with Crippen LogP contribution in [0.15, 0.2) is 47.4 Å². The van der Waals surface area contributed by atoms with Crippen molar-refractivity contribution in [2.75, 3.05) is 18.4 Å². The summed E-state index contributed by atoms with van der Waals surface area (Å²) in [6, 6.07) is 12.4. The Hall–Kier alpha value is -2.07. The Morgan fingerprint density at radius 3 is 2.55 bits per heavy atom. The van der Waals surface area contributed by atoms with E-state index in [2.05, 4.69) is 15.5 Å². The number of nitrogens with one attached hydrogen (secondary N) is 1. The number of aromatic nitrogens is 3. The predicted octanol–water partition coefficient (Wildman–Crippen LogP) is 4.21. The molecule has 1 aromatic carbocycles. The first kappa shape index (κ1) is 20.2. The molecule has 7 nitrogen and oxygen atoms in total. The lowest BCUT2D eigenvalue weighted by Gasteiger charge is -2.31. The Morgan fingerprint density at radius 2 is 1.86 bits per heavy atom. The Labute approximate surface area is 178 Å². The summed E-state index contributed by atoms with van der Waals surface area (Å²) >= 11 is 7.58. The highest BCUT2D eigenvalue weighted by Gasteiger charge is 2.31. The average Bonchev–Trinajstić information content (AvgIpc) is 3.13. The van der Waals surface area contributed by atoms with Crippen LogP contribution in [0.5, 0.6) is 0 Å². The van der Waals surface area contributed by atoms with Crippen LogP contribution in [-0.2, 0) is 10.0 Å². The molecular weight excluding hydrogens is 430 g/mol. The molecule has 1 saturated heterocycles. The summed E-state index contributed by atoms with van der Waals surface area (Å²) in [6.07, 6.45) is 1.41. The van der Waals surface area contributed by atoms with E-state index in [1.807, 2.05) is 25.1 Å². The molecule has 152 valence electrons. The van der Waals surface area contributed by atoms with Crippen molar-refractivity contribution in [2.45, 2.75) is 30.6 Å². The normalized spacial score (nSPS) is 16.1. The molecule has 10 heteroatoms. The maximum absolute atomic E-state index is 12.9. The van der Waals surface area contributed by atoms with Gasteiger partial charge in [0.25, 0.3) is 0 Å². The van der Waals surface area contributed by atoms with Gasteiger partial charge in [0, 0.05) is 24.7 Å². The van der Waals surface area contributed by atoms with Crippen LogP contribution < -0.4 is 5.32 Å². The predicted molar refractivity (Wildman–Crippen MR) is 114 cm³/mol. The number of sulfonamides is 1. The molecular formula is C19H20ClN5O2S2. The van der Waals surface area contributed by atoms with Crippen LogP contribution in [0.3, 0.4) is 0 Å². The number of anilines is 2. The minimum absolute atomic E-state index is 0.164. The van der Waals surface area contributed by atoms with Gasteiger partial charge in [-0.25, -0.2) is 13.4 Å². The molecule has 1 aliphatic heterocycles. The lowest BCUT2D eigenvalue weighted by atomic mass is 9.94. The number of hydrogen-bond acceptors (Lipinski definition) is 7. The number of hydrogen-bond donors (Lipinski definition) is 1. The average molecular weight is 450 g/mol. The second-order valence-electron chi connectivity index (χ2n) is 6.81. The fourth-order valence-electron chi connectivity index (χ4n) is 3.39. The molecule has 0 amide bonds. The van der Waals surface area contributed by atoms with Crippen LogP contribution in [0, 0.1) is 6.92 Å². The van der Waals surface area contributed by atoms with Crippen LogP contribution in [0.2, 0.25) is 5.02 Å². The van der Waals surface area contributed by atoms with E-state index in [-0.39, 0.29) is 15.8 Å². The Kier molecular flexibility index (Phi) is 5.82. The number of pyridine rings is 1. The van der Waals surface area contributed by atoms with Gasteiger partial charge in [-0.05, 0) is 44.0 Å². The second kappa shape index (κ2) is 8.35. The van der Waals surface area contributed by atoms with Gasteiger partial charge in [0.15, 0.2) is 0 Å². The Balaban J connectivity index is 1.45. The van der Waals surface area contributed by atoms with Crippen molar-refractivity contribution < 1.29 is 8.42 Å². The number of halogens is 1. The van der Waals surface area contributed by atoms with Crippen molar-refractivity contribution in [2.24, 2.45) is 0 Å². The molecule has 1 aliphatic rings. The van der Waals surface area contributed by atoms with E-state index in [9.17, 15) is 8.42 Å². The summed E-state index contributed by atoms with van der Waals surface area (Å²) in [7, 11) is -3.59. The molecule has 1 N–H and O–H groups in total. The third-order valence-electron chi connectivity index (χ3n) is 4.86. The number of rotatable bonds is 5. The first-order valence-electron chi connectivity index (χ1n) is 9.22. The van der Waals surface area contributed by atoms with E-state index in [1.54, 1.807) is 24.3 Å². The quantitative estimate of drug-likeness (QED) is 0.627. The van der Waals surface area contributed by atoms with Crippen LogP contribution in [0.25, 0.3) is 0 Å². The van der Waals surface area contributed by atoms with E-state index in [0.29, 0.717) is 36.9 Å². The van der Waals surface area contributed by atoms with E-state index >= 15 is 0 Å². The highest BCUT2D eigenvalue weighted by molar-refractivity contribution is 7.89. The van der Waals surface area contributed by atoms with Crippen molar-refractivity contribution in [1.29, 1.82) is 0 Å². The fraction of sp³-hybridized carbons (Fsp3) is 0.316. The van der Waals surface area contributed by atoms with Gasteiger partial charge in [-0.2, -0.15) is 4.31 Å². The summed E-state index contributed by atoms with van der Waals surface area (Å²) < 4.78 is 27.3. The number of benzene rings is 1. The first-order chi connectivity index (χ1) is 13.9. The zero-order valence-electron chi connectivity index (χ0n) is 15.7. The molecule has 0 bridgehead atoms. The van der Waals surface area contributed by atoms with Gasteiger partial charge in [0.2, 0.25) is 15.2 Å². The summed E-state index contributed by atoms with van der Waals surface area (Å²) in [4.78, 5) is 4.86. The highest BCUT2D eigenvalue weighted by atomic mass is 35.5. The maximum Gasteiger partial charge on any atom is 0.244 e. The summed E-state index contributed by atoms with van der Waals surface area (Å²) in [5.41, 5.74) is 0.950. The molecule has 2 aromatic heterocycles. The smallest absolute Gasteiger partial charge is 0.244 e. The molecule has 0 atom stereocenters. The lowest BCUT2D eigenvalue weighted by Crippen LogP contribution is -2.38. The number of nitrogens with zero attached hydrogens (tertiary/aromatic N) is 4. The molecule has 0 aliphatic carbocycles. The van der Waals surface area contributed by atoms with Crippen molar-refractivity contribution in [3.05, 3.63) is 58.2 Å². The van der Waals surface area contributed by atoms with Crippen molar-refractivity contribution in [1.82, 2.24) is 19.5 Å². The minimum Gasteiger partial charge on any atom is -0.315 e. The maximum atomic E-state index is 12.9. The van der Waals surface area contributed by atoms with Gasteiger partial charge in [0.05, 0.1) is 5.02 Å². The van der Waals surface area contributed by atoms with Gasteiger partial charge in [-0.15, -0.1) is 10.2 Å². The lowest BCUT2D eigenvalue weighted by molar-refractivity contribution is 0.317. The van der Waals surface area contributed by atoms with E-state index in [0.717, 1.165) is 10.7 Å². The topological polar surface area (TPSA) is 88.1 Å². The van der Waals surface area contributed by atoms with Crippen LogP contribution in [0.4, 0.5) is 10.9 Å². The molecule has 0 spiro atoms. The largest absolute Gasteiger partial charge is 0.315 e. The van der Waals surface area contributed by atoms with Gasteiger partial charge in [-0.1, -0.05) is 41.1 Å². The Morgan fingerprint density at radius 1 is 1.10 bits per heavy atom. The summed E-state index contributed by atoms with van der Waals surface area (Å²) in [6.45, 7) is 2.78. The Bertz CT molecular complexity index is 1110. The van der Waals surface area contributed by atoms with Crippen LogP contribution >= 0.6 is 22.9 Å². The monoisotopic (exact) mass is 449 g/mol. The molecule has 3 heterocycles. The van der Waals surface area contributed by atoms with Crippen molar-refractivity contribution in [3.8, 4) is 0 Å². The molecule has 1 fully saturated rings. The third-order valence-corrected chi connectivity index (χ3v) is 8.01. The number of aryl methyl sites for hydroxylation is 1. The molecule has 3 aromatic rings. The fourth-order valence-corrected chi connectivity index (χ4v) is 5.95. The second-order valence-corrected chi connectivity index (χ2v) is 10.3. The zero-order chi connectivity index (χ0) is 20.4. The number of piperidine rings is 1. The minimum atomic E-state index is -3.59. The first-order valence-corrected chi connectivity index (χ1v) is 11.9. The van der Waals surface area contributed by atoms with Crippen LogP contribution in [-0.4, -0.2) is 41.0 Å². The van der Waals surface area contributed by atoms with E-state index < -0.39 is 10.0 Å². The molecule has 4 rings (SSSR count). The van der Waals surface area contributed by atoms with Crippen LogP contribution in [0.1, 0.15) is 29.5 Å². The SMILES string of the molecule is Cc1nnc(Nc2cccc(C3CCN(S(=O)(=O)c4ccccc4Cl)CC3)n2)s1. The summed E-state index contributed by atoms with van der Waals surface area (Å²) in [5.74, 6) is 0.912. The molecule has 29 heavy (non-hydrogen) atoms. The van der Waals surface area contributed by atoms with Gasteiger partial charge in [0.1, 0.15) is 15.7 Å². The summed E-state index contributed by atoms with van der Waals surface area (Å²) in [5, 5.41) is 13.1. The zero-order valence-corrected chi connectivity index (χ0v) is 18.1. The van der Waals surface area contributed by atoms with Gasteiger partial charge < -0.3 is 5.32 Å². The molecule has 0 radical (unpaired) electrons. The van der Waals surface area contributed by atoms with Crippen molar-refractivity contribution >= 4 is 43.9 Å². The van der Waals surface area contributed by atoms with E-state index in [4.69, 9.17) is 16.6 Å². The standard InChI is InChI=1S/C19H20ClN5O2S2/c1-13-23-24-19(28-13)22-18-8-4-6-16(21-18)14-9-11-25(12-10-14)29(26,27)17-7-3-2-5-15(17)20/h2-8,14H,9-12H2,1H3,(H,21,22,24). The third kappa shape index (κ3) is 4.42. The molecule has 0 unspecified atom stereocenters.